The van der Waals surface area contributed by atoms with Gasteiger partial charge in [0.2, 0.25) is 5.16 Å². The molecule has 0 atom stereocenters. The van der Waals surface area contributed by atoms with E-state index >= 15 is 0 Å². The summed E-state index contributed by atoms with van der Waals surface area (Å²) in [4.78, 5) is 4.29. The second-order valence-electron chi connectivity index (χ2n) is 5.19. The zero-order chi connectivity index (χ0) is 12.6. The maximum Gasteiger partial charge on any atom is 0.205 e. The zero-order valence-electron chi connectivity index (χ0n) is 10.6. The molecule has 0 saturated carbocycles. The fraction of sp³-hybridized carbons (Fsp3) is 0.385. The monoisotopic (exact) mass is 247 g/mol. The molecule has 0 bridgehead atoms. The molecule has 1 aromatic carbocycles. The Kier molecular flexibility index (Phi) is 3.00. The quantitative estimate of drug-likeness (QED) is 0.785. The molecule has 0 aliphatic rings. The fourth-order valence-corrected chi connectivity index (χ4v) is 1.97. The SMILES string of the molecule is Cn1nc(S)nc1-c1ccc(C(C)(C)C)cc1. The van der Waals surface area contributed by atoms with Crippen molar-refractivity contribution >= 4 is 12.6 Å². The van der Waals surface area contributed by atoms with E-state index in [0.717, 1.165) is 11.4 Å². The number of hydrogen-bond donors (Lipinski definition) is 1. The first-order valence-electron chi connectivity index (χ1n) is 5.59. The van der Waals surface area contributed by atoms with Gasteiger partial charge in [-0.05, 0) is 11.0 Å². The van der Waals surface area contributed by atoms with Gasteiger partial charge in [0, 0.05) is 12.6 Å². The molecule has 2 rings (SSSR count). The van der Waals surface area contributed by atoms with Gasteiger partial charge < -0.3 is 0 Å². The van der Waals surface area contributed by atoms with Crippen molar-refractivity contribution in [2.75, 3.05) is 0 Å². The normalized spacial score (nSPS) is 11.8. The summed E-state index contributed by atoms with van der Waals surface area (Å²) in [5.74, 6) is 0.843. The highest BCUT2D eigenvalue weighted by Crippen LogP contribution is 2.25. The molecule has 0 spiro atoms. The van der Waals surface area contributed by atoms with Crippen LogP contribution in [-0.4, -0.2) is 14.8 Å². The number of hydrogen-bond acceptors (Lipinski definition) is 3. The summed E-state index contributed by atoms with van der Waals surface area (Å²) in [6.07, 6.45) is 0. The topological polar surface area (TPSA) is 30.7 Å². The molecule has 1 aromatic heterocycles. The third-order valence-electron chi connectivity index (χ3n) is 2.76. The van der Waals surface area contributed by atoms with Crippen LogP contribution in [0.3, 0.4) is 0 Å². The van der Waals surface area contributed by atoms with Gasteiger partial charge in [-0.15, -0.1) is 17.7 Å². The predicted molar refractivity (Wildman–Crippen MR) is 72.4 cm³/mol. The number of nitrogens with zero attached hydrogens (tertiary/aromatic N) is 3. The summed E-state index contributed by atoms with van der Waals surface area (Å²) in [7, 11) is 1.87. The van der Waals surface area contributed by atoms with Crippen molar-refractivity contribution in [3.63, 3.8) is 0 Å². The summed E-state index contributed by atoms with van der Waals surface area (Å²) in [6, 6.07) is 8.44. The third kappa shape index (κ3) is 2.52. The summed E-state index contributed by atoms with van der Waals surface area (Å²) in [5.41, 5.74) is 2.55. The van der Waals surface area contributed by atoms with E-state index in [1.807, 2.05) is 7.05 Å². The van der Waals surface area contributed by atoms with E-state index in [9.17, 15) is 0 Å². The number of benzene rings is 1. The molecule has 0 unspecified atom stereocenters. The lowest BCUT2D eigenvalue weighted by atomic mass is 9.87. The van der Waals surface area contributed by atoms with Crippen LogP contribution < -0.4 is 0 Å². The first-order chi connectivity index (χ1) is 7.88. The average Bonchev–Trinajstić information content (AvgIpc) is 2.57. The van der Waals surface area contributed by atoms with Gasteiger partial charge in [-0.2, -0.15) is 0 Å². The van der Waals surface area contributed by atoms with Crippen molar-refractivity contribution in [2.45, 2.75) is 31.3 Å². The molecular formula is C13H17N3S. The molecule has 17 heavy (non-hydrogen) atoms. The summed E-state index contributed by atoms with van der Waals surface area (Å²) >= 11 is 4.15. The van der Waals surface area contributed by atoms with Gasteiger partial charge >= 0.3 is 0 Å². The summed E-state index contributed by atoms with van der Waals surface area (Å²) in [5, 5.41) is 4.63. The number of thiol groups is 1. The molecule has 0 saturated heterocycles. The van der Waals surface area contributed by atoms with E-state index in [4.69, 9.17) is 0 Å². The van der Waals surface area contributed by atoms with Gasteiger partial charge in [0.1, 0.15) is 0 Å². The van der Waals surface area contributed by atoms with Gasteiger partial charge in [-0.3, -0.25) is 0 Å². The molecule has 0 N–H and O–H groups in total. The predicted octanol–water partition coefficient (Wildman–Crippen LogP) is 3.07. The summed E-state index contributed by atoms with van der Waals surface area (Å²) in [6.45, 7) is 6.61. The molecule has 0 amide bonds. The van der Waals surface area contributed by atoms with E-state index in [0.29, 0.717) is 5.16 Å². The third-order valence-corrected chi connectivity index (χ3v) is 2.95. The molecule has 2 aromatic rings. The Morgan fingerprint density at radius 1 is 1.12 bits per heavy atom. The molecule has 4 heteroatoms. The lowest BCUT2D eigenvalue weighted by molar-refractivity contribution is 0.590. The van der Waals surface area contributed by atoms with E-state index in [2.05, 4.69) is 67.7 Å². The van der Waals surface area contributed by atoms with Crippen LogP contribution in [0.2, 0.25) is 0 Å². The van der Waals surface area contributed by atoms with Gasteiger partial charge in [0.25, 0.3) is 0 Å². The highest BCUT2D eigenvalue weighted by Gasteiger charge is 2.14. The summed E-state index contributed by atoms with van der Waals surface area (Å²) < 4.78 is 1.74. The number of aryl methyl sites for hydroxylation is 1. The second kappa shape index (κ2) is 4.18. The van der Waals surface area contributed by atoms with Crippen molar-refractivity contribution in [1.29, 1.82) is 0 Å². The molecule has 1 heterocycles. The van der Waals surface area contributed by atoms with Crippen LogP contribution in [0.5, 0.6) is 0 Å². The van der Waals surface area contributed by atoms with Crippen LogP contribution in [0, 0.1) is 0 Å². The Morgan fingerprint density at radius 2 is 1.71 bits per heavy atom. The lowest BCUT2D eigenvalue weighted by Gasteiger charge is -2.18. The second-order valence-corrected chi connectivity index (χ2v) is 5.59. The standard InChI is InChI=1S/C13H17N3S/c1-13(2,3)10-7-5-9(6-8-10)11-14-12(17)15-16(11)4/h5-8H,1-4H3,(H,15,17). The van der Waals surface area contributed by atoms with E-state index in [1.54, 1.807) is 4.68 Å². The Bertz CT molecular complexity index is 521. The van der Waals surface area contributed by atoms with Gasteiger partial charge in [-0.25, -0.2) is 9.67 Å². The highest BCUT2D eigenvalue weighted by molar-refractivity contribution is 7.80. The average molecular weight is 247 g/mol. The number of aromatic nitrogens is 3. The molecule has 3 nitrogen and oxygen atoms in total. The fourth-order valence-electron chi connectivity index (χ4n) is 1.74. The van der Waals surface area contributed by atoms with Gasteiger partial charge in [0.15, 0.2) is 5.82 Å². The zero-order valence-corrected chi connectivity index (χ0v) is 11.5. The molecule has 0 aliphatic carbocycles. The van der Waals surface area contributed by atoms with Gasteiger partial charge in [0.05, 0.1) is 0 Å². The Labute approximate surface area is 107 Å². The van der Waals surface area contributed by atoms with Crippen LogP contribution in [0.25, 0.3) is 11.4 Å². The van der Waals surface area contributed by atoms with Crippen LogP contribution in [-0.2, 0) is 12.5 Å². The van der Waals surface area contributed by atoms with Crippen molar-refractivity contribution in [3.8, 4) is 11.4 Å². The Morgan fingerprint density at radius 3 is 2.12 bits per heavy atom. The number of rotatable bonds is 1. The first kappa shape index (κ1) is 12.2. The molecule has 90 valence electrons. The van der Waals surface area contributed by atoms with E-state index < -0.39 is 0 Å². The van der Waals surface area contributed by atoms with Crippen molar-refractivity contribution in [2.24, 2.45) is 7.05 Å². The van der Waals surface area contributed by atoms with E-state index in [1.165, 1.54) is 5.56 Å². The minimum atomic E-state index is 0.174. The molecule has 0 radical (unpaired) electrons. The van der Waals surface area contributed by atoms with Gasteiger partial charge in [-0.1, -0.05) is 45.0 Å². The van der Waals surface area contributed by atoms with Crippen LogP contribution in [0.4, 0.5) is 0 Å². The minimum Gasteiger partial charge on any atom is -0.248 e. The van der Waals surface area contributed by atoms with Crippen LogP contribution in [0.1, 0.15) is 26.3 Å². The lowest BCUT2D eigenvalue weighted by Crippen LogP contribution is -2.10. The molecular weight excluding hydrogens is 230 g/mol. The maximum atomic E-state index is 4.29. The highest BCUT2D eigenvalue weighted by atomic mass is 32.1. The van der Waals surface area contributed by atoms with Crippen molar-refractivity contribution in [3.05, 3.63) is 29.8 Å². The Balaban J connectivity index is 2.39. The van der Waals surface area contributed by atoms with Crippen LogP contribution >= 0.6 is 12.6 Å². The van der Waals surface area contributed by atoms with E-state index in [-0.39, 0.29) is 5.41 Å². The molecule has 0 fully saturated rings. The molecule has 0 aliphatic heterocycles. The van der Waals surface area contributed by atoms with Crippen molar-refractivity contribution < 1.29 is 0 Å². The Hall–Kier alpha value is -1.29. The largest absolute Gasteiger partial charge is 0.248 e. The first-order valence-corrected chi connectivity index (χ1v) is 6.03. The van der Waals surface area contributed by atoms with Crippen LogP contribution in [0.15, 0.2) is 29.4 Å². The maximum absolute atomic E-state index is 4.29. The smallest absolute Gasteiger partial charge is 0.205 e. The van der Waals surface area contributed by atoms with Crippen molar-refractivity contribution in [1.82, 2.24) is 14.8 Å². The minimum absolute atomic E-state index is 0.174.